The molecule has 0 saturated heterocycles. The molecule has 0 saturated carbocycles. The molecule has 0 aliphatic rings. The Balaban J connectivity index is 1.67. The summed E-state index contributed by atoms with van der Waals surface area (Å²) in [6.45, 7) is 9.76. The lowest BCUT2D eigenvalue weighted by Crippen LogP contribution is -2.47. The molecule has 3 rings (SSSR count). The van der Waals surface area contributed by atoms with Crippen molar-refractivity contribution in [1.29, 1.82) is 0 Å². The fourth-order valence-electron chi connectivity index (χ4n) is 3.07. The monoisotopic (exact) mass is 450 g/mol. The second-order valence-electron chi connectivity index (χ2n) is 9.16. The zero-order chi connectivity index (χ0) is 24.2. The van der Waals surface area contributed by atoms with Crippen LogP contribution >= 0.6 is 0 Å². The van der Waals surface area contributed by atoms with Crippen LogP contribution in [0.15, 0.2) is 53.1 Å². The fraction of sp³-hybridized carbons (Fsp3) is 0.360. The first-order valence-corrected chi connectivity index (χ1v) is 10.8. The van der Waals surface area contributed by atoms with Gasteiger partial charge < -0.3 is 19.9 Å². The maximum atomic E-state index is 12.9. The molecule has 0 aliphatic carbocycles. The average molecular weight is 451 g/mol. The number of rotatable bonds is 7. The van der Waals surface area contributed by atoms with Gasteiger partial charge >= 0.3 is 0 Å². The molecule has 0 spiro atoms. The quantitative estimate of drug-likeness (QED) is 0.551. The average Bonchev–Trinajstić information content (AvgIpc) is 3.28. The van der Waals surface area contributed by atoms with Gasteiger partial charge in [-0.25, -0.2) is 0 Å². The van der Waals surface area contributed by atoms with E-state index in [9.17, 15) is 9.59 Å². The number of anilines is 1. The van der Waals surface area contributed by atoms with E-state index in [-0.39, 0.29) is 23.1 Å². The fourth-order valence-corrected chi connectivity index (χ4v) is 3.07. The lowest BCUT2D eigenvalue weighted by atomic mass is 9.97. The van der Waals surface area contributed by atoms with E-state index in [1.165, 1.54) is 0 Å². The van der Waals surface area contributed by atoms with Crippen LogP contribution in [0, 0.1) is 5.92 Å². The molecule has 0 fully saturated rings. The summed E-state index contributed by atoms with van der Waals surface area (Å²) >= 11 is 0. The first kappa shape index (κ1) is 24.0. The van der Waals surface area contributed by atoms with Crippen molar-refractivity contribution >= 4 is 17.5 Å². The number of benzene rings is 2. The van der Waals surface area contributed by atoms with Crippen LogP contribution in [0.1, 0.15) is 50.9 Å². The SMILES string of the molecule is COc1ccc(C(=O)NC(C(=O)Nc2ccc(-c3noc(C(C)(C)C)n3)cc2)C(C)C)cc1. The van der Waals surface area contributed by atoms with Gasteiger partial charge in [0.1, 0.15) is 11.8 Å². The Morgan fingerprint density at radius 2 is 1.64 bits per heavy atom. The zero-order valence-corrected chi connectivity index (χ0v) is 19.8. The van der Waals surface area contributed by atoms with Gasteiger partial charge in [0.15, 0.2) is 0 Å². The van der Waals surface area contributed by atoms with Crippen LogP contribution in [0.5, 0.6) is 5.75 Å². The van der Waals surface area contributed by atoms with Gasteiger partial charge in [-0.1, -0.05) is 39.8 Å². The number of hydrogen-bond acceptors (Lipinski definition) is 6. The molecular weight excluding hydrogens is 420 g/mol. The normalized spacial score (nSPS) is 12.3. The number of nitrogens with one attached hydrogen (secondary N) is 2. The van der Waals surface area contributed by atoms with E-state index in [0.29, 0.717) is 28.7 Å². The second kappa shape index (κ2) is 9.85. The minimum absolute atomic E-state index is 0.110. The Morgan fingerprint density at radius 3 is 2.15 bits per heavy atom. The highest BCUT2D eigenvalue weighted by atomic mass is 16.5. The molecule has 2 N–H and O–H groups in total. The van der Waals surface area contributed by atoms with E-state index in [1.807, 2.05) is 46.8 Å². The molecule has 1 unspecified atom stereocenters. The van der Waals surface area contributed by atoms with Crippen molar-refractivity contribution in [2.75, 3.05) is 12.4 Å². The number of aromatic nitrogens is 2. The predicted octanol–water partition coefficient (Wildman–Crippen LogP) is 4.44. The largest absolute Gasteiger partial charge is 0.497 e. The Bertz CT molecular complexity index is 1100. The van der Waals surface area contributed by atoms with Gasteiger partial charge in [-0.15, -0.1) is 0 Å². The number of methoxy groups -OCH3 is 1. The Hall–Kier alpha value is -3.68. The molecule has 1 heterocycles. The number of ether oxygens (including phenoxy) is 1. The third-order valence-electron chi connectivity index (χ3n) is 5.07. The van der Waals surface area contributed by atoms with Crippen LogP contribution < -0.4 is 15.4 Å². The second-order valence-corrected chi connectivity index (χ2v) is 9.16. The molecule has 33 heavy (non-hydrogen) atoms. The number of amides is 2. The molecule has 0 bridgehead atoms. The van der Waals surface area contributed by atoms with E-state index in [4.69, 9.17) is 9.26 Å². The van der Waals surface area contributed by atoms with E-state index in [2.05, 4.69) is 20.8 Å². The zero-order valence-electron chi connectivity index (χ0n) is 19.8. The lowest BCUT2D eigenvalue weighted by Gasteiger charge is -2.22. The minimum atomic E-state index is -0.703. The Kier molecular flexibility index (Phi) is 7.16. The van der Waals surface area contributed by atoms with Crippen LogP contribution in [0.25, 0.3) is 11.4 Å². The van der Waals surface area contributed by atoms with Crippen LogP contribution in [0.2, 0.25) is 0 Å². The Morgan fingerprint density at radius 1 is 1.00 bits per heavy atom. The molecular formula is C25H30N4O4. The first-order valence-electron chi connectivity index (χ1n) is 10.8. The van der Waals surface area contributed by atoms with Crippen molar-refractivity contribution in [2.45, 2.75) is 46.1 Å². The molecule has 2 amide bonds. The molecule has 1 atom stereocenters. The van der Waals surface area contributed by atoms with Gasteiger partial charge in [-0.05, 0) is 54.4 Å². The van der Waals surface area contributed by atoms with E-state index >= 15 is 0 Å². The summed E-state index contributed by atoms with van der Waals surface area (Å²) in [7, 11) is 1.56. The number of carbonyl (C=O) groups is 2. The predicted molar refractivity (Wildman–Crippen MR) is 126 cm³/mol. The minimum Gasteiger partial charge on any atom is -0.497 e. The molecule has 8 nitrogen and oxygen atoms in total. The van der Waals surface area contributed by atoms with Gasteiger partial charge in [-0.3, -0.25) is 9.59 Å². The van der Waals surface area contributed by atoms with Gasteiger partial charge in [0, 0.05) is 22.2 Å². The summed E-state index contributed by atoms with van der Waals surface area (Å²) in [4.78, 5) is 30.0. The number of hydrogen-bond donors (Lipinski definition) is 2. The van der Waals surface area contributed by atoms with Crippen molar-refractivity contribution in [2.24, 2.45) is 5.92 Å². The summed E-state index contributed by atoms with van der Waals surface area (Å²) in [6, 6.07) is 13.2. The van der Waals surface area contributed by atoms with E-state index < -0.39 is 6.04 Å². The van der Waals surface area contributed by atoms with Crippen LogP contribution in [-0.2, 0) is 10.2 Å². The molecule has 3 aromatic rings. The van der Waals surface area contributed by atoms with Crippen LogP contribution in [-0.4, -0.2) is 35.1 Å². The van der Waals surface area contributed by atoms with Crippen LogP contribution in [0.3, 0.4) is 0 Å². The van der Waals surface area contributed by atoms with E-state index in [0.717, 1.165) is 5.56 Å². The molecule has 1 aromatic heterocycles. The third-order valence-corrected chi connectivity index (χ3v) is 5.07. The molecule has 0 radical (unpaired) electrons. The molecule has 2 aromatic carbocycles. The van der Waals surface area contributed by atoms with Gasteiger partial charge in [0.05, 0.1) is 7.11 Å². The van der Waals surface area contributed by atoms with Gasteiger partial charge in [-0.2, -0.15) is 4.98 Å². The number of carbonyl (C=O) groups excluding carboxylic acids is 2. The maximum Gasteiger partial charge on any atom is 0.251 e. The first-order chi connectivity index (χ1) is 15.6. The highest BCUT2D eigenvalue weighted by Gasteiger charge is 2.25. The molecule has 0 aliphatic heterocycles. The topological polar surface area (TPSA) is 106 Å². The highest BCUT2D eigenvalue weighted by Crippen LogP contribution is 2.24. The third kappa shape index (κ3) is 5.97. The van der Waals surface area contributed by atoms with Gasteiger partial charge in [0.2, 0.25) is 17.6 Å². The highest BCUT2D eigenvalue weighted by molar-refractivity contribution is 6.01. The van der Waals surface area contributed by atoms with Crippen molar-refractivity contribution in [1.82, 2.24) is 15.5 Å². The summed E-state index contributed by atoms with van der Waals surface area (Å²) in [5, 5.41) is 9.73. The smallest absolute Gasteiger partial charge is 0.251 e. The van der Waals surface area contributed by atoms with Crippen LogP contribution in [0.4, 0.5) is 5.69 Å². The van der Waals surface area contributed by atoms with Crippen molar-refractivity contribution < 1.29 is 18.8 Å². The number of nitrogens with zero attached hydrogens (tertiary/aromatic N) is 2. The summed E-state index contributed by atoms with van der Waals surface area (Å²) in [5.41, 5.74) is 1.60. The Labute approximate surface area is 193 Å². The van der Waals surface area contributed by atoms with E-state index in [1.54, 1.807) is 43.5 Å². The molecule has 8 heteroatoms. The van der Waals surface area contributed by atoms with Crippen molar-refractivity contribution in [3.63, 3.8) is 0 Å². The van der Waals surface area contributed by atoms with Crippen molar-refractivity contribution in [3.8, 4) is 17.1 Å². The standard InChI is InChI=1S/C25H30N4O4/c1-15(2)20(27-22(30)17-9-13-19(32-6)14-10-17)23(31)26-18-11-7-16(8-12-18)21-28-24(33-29-21)25(3,4)5/h7-15,20H,1-6H3,(H,26,31)(H,27,30). The summed E-state index contributed by atoms with van der Waals surface area (Å²) < 4.78 is 10.5. The maximum absolute atomic E-state index is 12.9. The lowest BCUT2D eigenvalue weighted by molar-refractivity contribution is -0.118. The summed E-state index contributed by atoms with van der Waals surface area (Å²) in [6.07, 6.45) is 0. The van der Waals surface area contributed by atoms with Crippen molar-refractivity contribution in [3.05, 3.63) is 60.0 Å². The summed E-state index contributed by atoms with van der Waals surface area (Å²) in [5.74, 6) is 0.972. The van der Waals surface area contributed by atoms with Gasteiger partial charge in [0.25, 0.3) is 5.91 Å². The molecule has 174 valence electrons.